The summed E-state index contributed by atoms with van der Waals surface area (Å²) in [4.78, 5) is 8.67. The van der Waals surface area contributed by atoms with Crippen molar-refractivity contribution in [3.63, 3.8) is 0 Å². The first-order chi connectivity index (χ1) is 9.88. The summed E-state index contributed by atoms with van der Waals surface area (Å²) >= 11 is 0. The van der Waals surface area contributed by atoms with Crippen LogP contribution in [-0.2, 0) is 16.9 Å². The van der Waals surface area contributed by atoms with Gasteiger partial charge in [-0.1, -0.05) is 6.07 Å². The molecule has 0 saturated heterocycles. The lowest BCUT2D eigenvalue weighted by Gasteiger charge is -2.02. The molecule has 2 heterocycles. The van der Waals surface area contributed by atoms with Gasteiger partial charge in [-0.2, -0.15) is 0 Å². The second-order valence-corrected chi connectivity index (χ2v) is 6.84. The Kier molecular flexibility index (Phi) is 2.94. The number of anilines is 1. The Balaban J connectivity index is 2.35. The molecule has 7 heteroatoms. The summed E-state index contributed by atoms with van der Waals surface area (Å²) in [6, 6.07) is 8.62. The third-order valence-corrected chi connectivity index (χ3v) is 4.44. The van der Waals surface area contributed by atoms with E-state index >= 15 is 0 Å². The highest BCUT2D eigenvalue weighted by molar-refractivity contribution is 7.91. The van der Waals surface area contributed by atoms with Crippen LogP contribution < -0.4 is 5.73 Å². The Morgan fingerprint density at radius 1 is 1.24 bits per heavy atom. The lowest BCUT2D eigenvalue weighted by molar-refractivity contribution is 0.602. The van der Waals surface area contributed by atoms with Crippen LogP contribution in [-0.4, -0.2) is 29.2 Å². The van der Waals surface area contributed by atoms with Gasteiger partial charge in [-0.15, -0.1) is 0 Å². The van der Waals surface area contributed by atoms with E-state index in [1.54, 1.807) is 30.5 Å². The Morgan fingerprint density at radius 3 is 2.67 bits per heavy atom. The molecule has 21 heavy (non-hydrogen) atoms. The van der Waals surface area contributed by atoms with Crippen molar-refractivity contribution in [1.29, 1.82) is 0 Å². The third-order valence-electron chi connectivity index (χ3n) is 3.31. The van der Waals surface area contributed by atoms with E-state index in [1.807, 2.05) is 17.7 Å². The van der Waals surface area contributed by atoms with Crippen molar-refractivity contribution >= 4 is 26.7 Å². The van der Waals surface area contributed by atoms with Gasteiger partial charge in [0.15, 0.2) is 9.84 Å². The molecule has 0 spiro atoms. The molecule has 0 fully saturated rings. The minimum atomic E-state index is -3.34. The lowest BCUT2D eigenvalue weighted by Crippen LogP contribution is -1.98. The molecular weight excluding hydrogens is 288 g/mol. The summed E-state index contributed by atoms with van der Waals surface area (Å²) in [6.07, 6.45) is 2.78. The third kappa shape index (κ3) is 2.25. The number of nitrogen functional groups attached to an aromatic ring is 1. The molecule has 0 aliphatic heterocycles. The number of imidazole rings is 1. The molecule has 0 unspecified atom stereocenters. The maximum atomic E-state index is 11.9. The first-order valence-electron chi connectivity index (χ1n) is 6.25. The van der Waals surface area contributed by atoms with Crippen LogP contribution in [0, 0.1) is 0 Å². The van der Waals surface area contributed by atoms with Gasteiger partial charge in [0, 0.05) is 25.1 Å². The summed E-state index contributed by atoms with van der Waals surface area (Å²) in [5.74, 6) is 1.04. The van der Waals surface area contributed by atoms with Crippen LogP contribution in [0.3, 0.4) is 0 Å². The SMILES string of the molecule is Cn1c(-c2ccnc(N)c2)nc2c(S(C)(=O)=O)cccc21. The monoisotopic (exact) mass is 302 g/mol. The summed E-state index contributed by atoms with van der Waals surface area (Å²) < 4.78 is 25.6. The number of sulfone groups is 1. The Labute approximate surface area is 122 Å². The highest BCUT2D eigenvalue weighted by Crippen LogP contribution is 2.28. The van der Waals surface area contributed by atoms with Crippen LogP contribution in [0.5, 0.6) is 0 Å². The van der Waals surface area contributed by atoms with E-state index in [4.69, 9.17) is 5.73 Å². The molecule has 0 aliphatic rings. The molecule has 3 aromatic rings. The number of aromatic nitrogens is 3. The van der Waals surface area contributed by atoms with E-state index in [-0.39, 0.29) is 4.90 Å². The normalized spacial score (nSPS) is 11.9. The zero-order valence-electron chi connectivity index (χ0n) is 11.6. The fraction of sp³-hybridized carbons (Fsp3) is 0.143. The Morgan fingerprint density at radius 2 is 2.00 bits per heavy atom. The fourth-order valence-electron chi connectivity index (χ4n) is 2.33. The van der Waals surface area contributed by atoms with Crippen molar-refractivity contribution in [3.05, 3.63) is 36.5 Å². The van der Waals surface area contributed by atoms with E-state index in [0.717, 1.165) is 11.1 Å². The molecule has 0 bridgehead atoms. The van der Waals surface area contributed by atoms with Crippen molar-refractivity contribution in [2.24, 2.45) is 7.05 Å². The fourth-order valence-corrected chi connectivity index (χ4v) is 3.16. The maximum Gasteiger partial charge on any atom is 0.177 e. The van der Waals surface area contributed by atoms with E-state index in [9.17, 15) is 8.42 Å². The average molecular weight is 302 g/mol. The number of pyridine rings is 1. The van der Waals surface area contributed by atoms with Crippen LogP contribution in [0.2, 0.25) is 0 Å². The molecule has 2 N–H and O–H groups in total. The van der Waals surface area contributed by atoms with Gasteiger partial charge in [0.05, 0.1) is 10.4 Å². The number of fused-ring (bicyclic) bond motifs is 1. The molecule has 0 amide bonds. The minimum absolute atomic E-state index is 0.226. The number of aryl methyl sites for hydroxylation is 1. The molecule has 0 saturated carbocycles. The van der Waals surface area contributed by atoms with Gasteiger partial charge in [0.1, 0.15) is 17.2 Å². The van der Waals surface area contributed by atoms with Crippen LogP contribution in [0.4, 0.5) is 5.82 Å². The van der Waals surface area contributed by atoms with Crippen LogP contribution in [0.1, 0.15) is 0 Å². The van der Waals surface area contributed by atoms with Crippen LogP contribution >= 0.6 is 0 Å². The van der Waals surface area contributed by atoms with Crippen molar-refractivity contribution in [1.82, 2.24) is 14.5 Å². The molecule has 1 aromatic carbocycles. The molecule has 0 radical (unpaired) electrons. The first-order valence-corrected chi connectivity index (χ1v) is 8.14. The van der Waals surface area contributed by atoms with Gasteiger partial charge in [-0.25, -0.2) is 18.4 Å². The number of para-hydroxylation sites is 1. The molecule has 2 aromatic heterocycles. The number of nitrogens with two attached hydrogens (primary N) is 1. The Hall–Kier alpha value is -2.41. The zero-order chi connectivity index (χ0) is 15.2. The minimum Gasteiger partial charge on any atom is -0.384 e. The second-order valence-electron chi connectivity index (χ2n) is 4.86. The van der Waals surface area contributed by atoms with Crippen molar-refractivity contribution in [3.8, 4) is 11.4 Å². The van der Waals surface area contributed by atoms with Gasteiger partial charge in [-0.05, 0) is 24.3 Å². The van der Waals surface area contributed by atoms with E-state index in [2.05, 4.69) is 9.97 Å². The van der Waals surface area contributed by atoms with Crippen molar-refractivity contribution < 1.29 is 8.42 Å². The highest BCUT2D eigenvalue weighted by atomic mass is 32.2. The molecule has 0 atom stereocenters. The van der Waals surface area contributed by atoms with Crippen LogP contribution in [0.25, 0.3) is 22.4 Å². The van der Waals surface area contributed by atoms with E-state index in [0.29, 0.717) is 17.2 Å². The summed E-state index contributed by atoms with van der Waals surface area (Å²) in [5.41, 5.74) is 7.71. The standard InChI is InChI=1S/C14H14N4O2S/c1-18-10-4-3-5-11(21(2,19)20)13(10)17-14(18)9-6-7-16-12(15)8-9/h3-8H,1-2H3,(H2,15,16). The van der Waals surface area contributed by atoms with Gasteiger partial charge < -0.3 is 10.3 Å². The average Bonchev–Trinajstić information content (AvgIpc) is 2.75. The predicted octanol–water partition coefficient (Wildman–Crippen LogP) is 1.62. The maximum absolute atomic E-state index is 11.9. The molecule has 0 aliphatic carbocycles. The molecule has 3 rings (SSSR count). The number of nitrogens with zero attached hydrogens (tertiary/aromatic N) is 3. The highest BCUT2D eigenvalue weighted by Gasteiger charge is 2.18. The lowest BCUT2D eigenvalue weighted by atomic mass is 10.2. The number of hydrogen-bond donors (Lipinski definition) is 1. The number of benzene rings is 1. The van der Waals surface area contributed by atoms with Crippen molar-refractivity contribution in [2.45, 2.75) is 4.90 Å². The van der Waals surface area contributed by atoms with Gasteiger partial charge in [0.25, 0.3) is 0 Å². The zero-order valence-corrected chi connectivity index (χ0v) is 12.4. The van der Waals surface area contributed by atoms with Crippen LogP contribution in [0.15, 0.2) is 41.4 Å². The summed E-state index contributed by atoms with van der Waals surface area (Å²) in [7, 11) is -1.50. The number of hydrogen-bond acceptors (Lipinski definition) is 5. The van der Waals surface area contributed by atoms with Crippen molar-refractivity contribution in [2.75, 3.05) is 12.0 Å². The predicted molar refractivity (Wildman–Crippen MR) is 81.5 cm³/mol. The molecule has 108 valence electrons. The molecule has 6 nitrogen and oxygen atoms in total. The van der Waals surface area contributed by atoms with Gasteiger partial charge >= 0.3 is 0 Å². The molecular formula is C14H14N4O2S. The summed E-state index contributed by atoms with van der Waals surface area (Å²) in [5, 5.41) is 0. The second kappa shape index (κ2) is 4.56. The topological polar surface area (TPSA) is 90.9 Å². The largest absolute Gasteiger partial charge is 0.384 e. The number of rotatable bonds is 2. The summed E-state index contributed by atoms with van der Waals surface area (Å²) in [6.45, 7) is 0. The van der Waals surface area contributed by atoms with E-state index in [1.165, 1.54) is 6.26 Å². The smallest absolute Gasteiger partial charge is 0.177 e. The first kappa shape index (κ1) is 13.6. The van der Waals surface area contributed by atoms with Gasteiger partial charge in [-0.3, -0.25) is 0 Å². The Bertz CT molecular complexity index is 945. The van der Waals surface area contributed by atoms with E-state index < -0.39 is 9.84 Å². The quantitative estimate of drug-likeness (QED) is 0.776. The van der Waals surface area contributed by atoms with Gasteiger partial charge in [0.2, 0.25) is 0 Å².